The zero-order valence-corrected chi connectivity index (χ0v) is 43.8. The number of aliphatic hydroxyl groups excluding tert-OH is 1. The summed E-state index contributed by atoms with van der Waals surface area (Å²) in [6.45, 7) is 14.4. The number of fused-ring (bicyclic) bond motifs is 3. The molecule has 8 rings (SSSR count). The molecule has 1 fully saturated rings. The van der Waals surface area contributed by atoms with Crippen molar-refractivity contribution in [2.24, 2.45) is 0 Å². The van der Waals surface area contributed by atoms with Crippen LogP contribution in [0.4, 0.5) is 9.18 Å². The molecule has 2 aliphatic rings. The zero-order valence-electron chi connectivity index (χ0n) is 32.8. The Balaban J connectivity index is 0.000000213. The first-order chi connectivity index (χ1) is 27.7. The molecule has 59 heavy (non-hydrogen) atoms. The van der Waals surface area contributed by atoms with Crippen molar-refractivity contribution in [2.45, 2.75) is 66.7 Å². The molecular formula is C37H41Br2FI3N10O5V-. The number of carbonyl (C=O) groups excluding carboxylic acids is 1. The van der Waals surface area contributed by atoms with Crippen LogP contribution >= 0.6 is 69.1 Å². The fourth-order valence-corrected chi connectivity index (χ4v) is 6.55. The van der Waals surface area contributed by atoms with Crippen molar-refractivity contribution >= 4 is 75.2 Å². The van der Waals surface area contributed by atoms with Gasteiger partial charge in [0.25, 0.3) is 0 Å². The molecule has 15 nitrogen and oxygen atoms in total. The Morgan fingerprint density at radius 2 is 1.31 bits per heavy atom. The Kier molecular flexibility index (Phi) is 19.6. The minimum Gasteiger partial charge on any atom is -0.431 e. The Labute approximate surface area is 399 Å². The van der Waals surface area contributed by atoms with Crippen molar-refractivity contribution in [1.82, 2.24) is 48.6 Å². The molecule has 0 unspecified atom stereocenters. The topological polar surface area (TPSA) is 162 Å². The maximum Gasteiger partial charge on any atom is 0.508 e. The Morgan fingerprint density at radius 1 is 0.780 bits per heavy atom. The van der Waals surface area contributed by atoms with Gasteiger partial charge >= 0.3 is 56.6 Å². The van der Waals surface area contributed by atoms with Crippen molar-refractivity contribution in [3.63, 3.8) is 0 Å². The molecule has 0 amide bonds. The fraction of sp³-hybridized carbons (Fsp3) is 0.378. The number of rotatable bonds is 7. The third-order valence-electron chi connectivity index (χ3n) is 8.27. The number of aromatic nitrogens is 10. The molecule has 2 aromatic carbocycles. The molecule has 0 atom stereocenters. The number of nitrogens with zero attached hydrogens (tertiary/aromatic N) is 10. The van der Waals surface area contributed by atoms with E-state index < -0.39 is 6.16 Å². The molecule has 317 valence electrons. The van der Waals surface area contributed by atoms with Gasteiger partial charge in [0.2, 0.25) is 0 Å². The SMILES string of the molecule is Cc1nc(-c2cn(CCO)c(-c3ccc(Br)cc3F)n2)n(C(C)C)n1.Cc1nc(-c2cn3c(n2)-c2ccc(Br)cc2OCC3)n(C(C)C)n1.I[I-]I.O=C1OCCO1.[V]. The number of hydrogen-bond donors (Lipinski definition) is 1. The first-order valence-electron chi connectivity index (χ1n) is 17.9. The maximum absolute atomic E-state index is 14.4. The molecule has 1 radical (unpaired) electrons. The van der Waals surface area contributed by atoms with Crippen molar-refractivity contribution in [3.05, 3.63) is 75.2 Å². The summed E-state index contributed by atoms with van der Waals surface area (Å²) in [5, 5.41) is 18.2. The van der Waals surface area contributed by atoms with E-state index in [1.54, 1.807) is 27.6 Å². The van der Waals surface area contributed by atoms with Crippen LogP contribution in [0, 0.1) is 19.7 Å². The normalized spacial score (nSPS) is 12.7. The van der Waals surface area contributed by atoms with Gasteiger partial charge in [-0.2, -0.15) is 10.2 Å². The molecule has 0 aliphatic carbocycles. The third-order valence-corrected chi connectivity index (χ3v) is 9.26. The Morgan fingerprint density at radius 3 is 1.81 bits per heavy atom. The number of aryl methyl sites for hydroxylation is 2. The summed E-state index contributed by atoms with van der Waals surface area (Å²) >= 11 is 12.1. The van der Waals surface area contributed by atoms with Gasteiger partial charge in [0.1, 0.15) is 66.1 Å². The summed E-state index contributed by atoms with van der Waals surface area (Å²) in [7, 11) is 0. The molecule has 6 aromatic rings. The third kappa shape index (κ3) is 12.9. The molecular weight excluding hydrogens is 1270 g/mol. The van der Waals surface area contributed by atoms with Gasteiger partial charge in [-0.15, -0.1) is 0 Å². The van der Waals surface area contributed by atoms with Gasteiger partial charge in [0.05, 0.1) is 24.3 Å². The van der Waals surface area contributed by atoms with E-state index in [1.807, 2.05) is 56.8 Å². The minimum atomic E-state index is -0.546. The van der Waals surface area contributed by atoms with Gasteiger partial charge in [0, 0.05) is 58.5 Å². The van der Waals surface area contributed by atoms with Gasteiger partial charge in [0.15, 0.2) is 11.6 Å². The summed E-state index contributed by atoms with van der Waals surface area (Å²) in [4.78, 5) is 28.3. The summed E-state index contributed by atoms with van der Waals surface area (Å²) in [5.41, 5.74) is 2.81. The van der Waals surface area contributed by atoms with E-state index in [4.69, 9.17) is 9.72 Å². The van der Waals surface area contributed by atoms with E-state index in [9.17, 15) is 14.3 Å². The average Bonchev–Trinajstić information content (AvgIpc) is 4.01. The summed E-state index contributed by atoms with van der Waals surface area (Å²) in [6.07, 6.45) is 3.27. The van der Waals surface area contributed by atoms with Gasteiger partial charge in [-0.1, -0.05) is 31.9 Å². The van der Waals surface area contributed by atoms with E-state index in [-0.39, 0.29) is 43.1 Å². The summed E-state index contributed by atoms with van der Waals surface area (Å²) in [5.74, 6) is 4.66. The predicted octanol–water partition coefficient (Wildman–Crippen LogP) is 6.37. The second-order valence-electron chi connectivity index (χ2n) is 13.2. The molecule has 1 saturated heterocycles. The van der Waals surface area contributed by atoms with Crippen LogP contribution in [-0.4, -0.2) is 86.3 Å². The molecule has 6 heterocycles. The molecule has 1 N–H and O–H groups in total. The Hall–Kier alpha value is -2.17. The number of halogens is 6. The van der Waals surface area contributed by atoms with Crippen LogP contribution in [0.1, 0.15) is 51.4 Å². The second kappa shape index (κ2) is 23.3. The first kappa shape index (κ1) is 49.5. The number of cyclic esters (lactones) is 2. The fourth-order valence-electron chi connectivity index (χ4n) is 5.87. The number of imidazole rings is 2. The van der Waals surface area contributed by atoms with Gasteiger partial charge < -0.3 is 28.5 Å². The standard InChI is InChI=1S/C17H19BrFN5O.C17H18BrN5O.C3H4O3.I3.V/c1-10(2)24-17(20-11(3)22-24)15-9-23(6-7-25)16(21-15)13-5-4-12(18)8-14(13)19;1-10(2)23-17(19-11(3)21-23)14-9-22-6-7-24-15-8-12(18)4-5-13(15)16(22)20-14;4-3-5-1-2-6-3;1-3-2;/h4-5,8-10,25H,6-7H2,1-3H3;4-5,8-10H,6-7H2,1-3H3;1-2H2;;/q;;;-1;. The van der Waals surface area contributed by atoms with Crippen LogP contribution < -0.4 is 18.0 Å². The minimum absolute atomic E-state index is 0. The summed E-state index contributed by atoms with van der Waals surface area (Å²) in [6, 6.07) is 11.2. The van der Waals surface area contributed by atoms with E-state index in [2.05, 4.69) is 122 Å². The van der Waals surface area contributed by atoms with E-state index in [0.717, 1.165) is 45.5 Å². The molecule has 0 bridgehead atoms. The molecule has 0 saturated carbocycles. The number of hydrogen-bond acceptors (Lipinski definition) is 11. The number of aliphatic hydroxyl groups is 1. The molecule has 2 aliphatic heterocycles. The van der Waals surface area contributed by atoms with Gasteiger partial charge in [-0.05, 0) is 77.9 Å². The molecule has 4 aromatic heterocycles. The summed E-state index contributed by atoms with van der Waals surface area (Å²) < 4.78 is 38.1. The van der Waals surface area contributed by atoms with Crippen molar-refractivity contribution in [2.75, 3.05) is 26.4 Å². The largest absolute Gasteiger partial charge is 0.508 e. The van der Waals surface area contributed by atoms with Gasteiger partial charge in [-0.25, -0.2) is 38.5 Å². The number of carbonyl (C=O) groups is 1. The smallest absolute Gasteiger partial charge is 0.431 e. The van der Waals surface area contributed by atoms with Crippen LogP contribution in [0.2, 0.25) is 0 Å². The van der Waals surface area contributed by atoms with Crippen molar-refractivity contribution < 1.29 is 60.3 Å². The monoisotopic (exact) mass is 1310 g/mol. The molecule has 0 spiro atoms. The van der Waals surface area contributed by atoms with E-state index >= 15 is 0 Å². The van der Waals surface area contributed by atoms with Gasteiger partial charge in [-0.3, -0.25) is 0 Å². The van der Waals surface area contributed by atoms with Crippen LogP contribution in [0.15, 0.2) is 57.7 Å². The van der Waals surface area contributed by atoms with Crippen LogP contribution in [0.5, 0.6) is 5.75 Å². The predicted molar refractivity (Wildman–Crippen MR) is 237 cm³/mol. The second-order valence-corrected chi connectivity index (χ2v) is 31.2. The van der Waals surface area contributed by atoms with Crippen molar-refractivity contribution in [3.8, 4) is 51.6 Å². The Bertz CT molecular complexity index is 2330. The number of ether oxygens (including phenoxy) is 3. The number of benzene rings is 2. The maximum atomic E-state index is 14.4. The van der Waals surface area contributed by atoms with E-state index in [1.165, 1.54) is 6.07 Å². The van der Waals surface area contributed by atoms with Crippen molar-refractivity contribution in [1.29, 1.82) is 0 Å². The van der Waals surface area contributed by atoms with Crippen LogP contribution in [0.3, 0.4) is 0 Å². The van der Waals surface area contributed by atoms with E-state index in [0.29, 0.717) is 72.8 Å². The average molecular weight is 1320 g/mol. The zero-order chi connectivity index (χ0) is 42.1. The molecule has 22 heteroatoms. The van der Waals surface area contributed by atoms with Crippen LogP contribution in [0.25, 0.3) is 45.8 Å². The quantitative estimate of drug-likeness (QED) is 0.140. The van der Waals surface area contributed by atoms with Crippen LogP contribution in [-0.2, 0) is 41.1 Å². The first-order valence-corrected chi connectivity index (χ1v) is 32.1.